The molecule has 0 aromatic heterocycles. The van der Waals surface area contributed by atoms with Crippen molar-refractivity contribution in [1.82, 2.24) is 0 Å². The maximum Gasteiger partial charge on any atom is 0.387 e. The van der Waals surface area contributed by atoms with Gasteiger partial charge >= 0.3 is 12.3 Å². The highest BCUT2D eigenvalue weighted by molar-refractivity contribution is 5.66. The minimum Gasteiger partial charge on any atom is -0.491 e. The SMILES string of the molecule is Cc1cc(Nc2ccc([N+](=O)[O-])c(OC(F)F)c2)ccc1OCCO. The standard InChI is InChI=1S/C16H16F2N2O5/c1-10-8-11(3-5-14(10)24-7-6-21)19-12-2-4-13(20(22)23)15(9-12)25-16(17)18/h2-5,8-9,16,19,21H,6-7H2,1H3. The van der Waals surface area contributed by atoms with Crippen LogP contribution in [0.5, 0.6) is 11.5 Å². The summed E-state index contributed by atoms with van der Waals surface area (Å²) >= 11 is 0. The fourth-order valence-corrected chi connectivity index (χ4v) is 2.14. The molecule has 25 heavy (non-hydrogen) atoms. The highest BCUT2D eigenvalue weighted by atomic mass is 19.3. The Labute approximate surface area is 142 Å². The predicted molar refractivity (Wildman–Crippen MR) is 86.8 cm³/mol. The average molecular weight is 354 g/mol. The molecule has 0 aliphatic rings. The molecule has 0 fully saturated rings. The lowest BCUT2D eigenvalue weighted by Crippen LogP contribution is -2.05. The van der Waals surface area contributed by atoms with Crippen molar-refractivity contribution < 1.29 is 28.3 Å². The zero-order chi connectivity index (χ0) is 18.4. The molecule has 0 spiro atoms. The van der Waals surface area contributed by atoms with Gasteiger partial charge in [-0.2, -0.15) is 8.78 Å². The van der Waals surface area contributed by atoms with Crippen molar-refractivity contribution in [3.05, 3.63) is 52.1 Å². The molecule has 0 bridgehead atoms. The number of anilines is 2. The molecule has 0 unspecified atom stereocenters. The third kappa shape index (κ3) is 5.01. The molecule has 0 saturated heterocycles. The summed E-state index contributed by atoms with van der Waals surface area (Å²) in [5, 5.41) is 22.6. The second-order valence-corrected chi connectivity index (χ2v) is 5.00. The van der Waals surface area contributed by atoms with Crippen LogP contribution in [0.3, 0.4) is 0 Å². The number of halogens is 2. The number of aliphatic hydroxyl groups excluding tert-OH is 1. The van der Waals surface area contributed by atoms with Crippen LogP contribution in [0, 0.1) is 17.0 Å². The van der Waals surface area contributed by atoms with Crippen LogP contribution in [0.1, 0.15) is 5.56 Å². The Morgan fingerprint density at radius 2 is 1.88 bits per heavy atom. The summed E-state index contributed by atoms with van der Waals surface area (Å²) in [4.78, 5) is 10.1. The normalized spacial score (nSPS) is 10.6. The Bertz CT molecular complexity index is 755. The van der Waals surface area contributed by atoms with Crippen LogP contribution in [-0.4, -0.2) is 29.9 Å². The molecule has 2 aromatic rings. The molecule has 2 N–H and O–H groups in total. The summed E-state index contributed by atoms with van der Waals surface area (Å²) in [6.45, 7) is -1.29. The van der Waals surface area contributed by atoms with E-state index in [1.54, 1.807) is 25.1 Å². The number of hydrogen-bond donors (Lipinski definition) is 2. The van der Waals surface area contributed by atoms with E-state index in [4.69, 9.17) is 9.84 Å². The summed E-state index contributed by atoms with van der Waals surface area (Å²) < 4.78 is 34.4. The van der Waals surface area contributed by atoms with Gasteiger partial charge in [-0.3, -0.25) is 10.1 Å². The van der Waals surface area contributed by atoms with Crippen LogP contribution < -0.4 is 14.8 Å². The van der Waals surface area contributed by atoms with E-state index in [0.717, 1.165) is 17.7 Å². The lowest BCUT2D eigenvalue weighted by Gasteiger charge is -2.12. The monoisotopic (exact) mass is 354 g/mol. The molecule has 0 aliphatic heterocycles. The predicted octanol–water partition coefficient (Wildman–Crippen LogP) is 3.62. The van der Waals surface area contributed by atoms with Crippen LogP contribution in [0.4, 0.5) is 25.8 Å². The molecular formula is C16H16F2N2O5. The van der Waals surface area contributed by atoms with Crippen molar-refractivity contribution in [2.45, 2.75) is 13.5 Å². The first-order valence-corrected chi connectivity index (χ1v) is 7.25. The second kappa shape index (κ2) is 8.25. The molecule has 0 radical (unpaired) electrons. The maximum absolute atomic E-state index is 12.4. The zero-order valence-electron chi connectivity index (χ0n) is 13.2. The summed E-state index contributed by atoms with van der Waals surface area (Å²) in [6, 6.07) is 8.75. The smallest absolute Gasteiger partial charge is 0.387 e. The Balaban J connectivity index is 2.22. The average Bonchev–Trinajstić information content (AvgIpc) is 2.53. The van der Waals surface area contributed by atoms with E-state index in [9.17, 15) is 18.9 Å². The molecule has 0 saturated carbocycles. The fraction of sp³-hybridized carbons (Fsp3) is 0.250. The van der Waals surface area contributed by atoms with E-state index >= 15 is 0 Å². The minimum absolute atomic E-state index is 0.102. The van der Waals surface area contributed by atoms with Gasteiger partial charge in [-0.1, -0.05) is 0 Å². The van der Waals surface area contributed by atoms with Crippen LogP contribution in [0.2, 0.25) is 0 Å². The van der Waals surface area contributed by atoms with Crippen molar-refractivity contribution in [3.63, 3.8) is 0 Å². The van der Waals surface area contributed by atoms with Gasteiger partial charge in [0.15, 0.2) is 0 Å². The van der Waals surface area contributed by atoms with Gasteiger partial charge in [0.25, 0.3) is 0 Å². The summed E-state index contributed by atoms with van der Waals surface area (Å²) in [6.07, 6.45) is 0. The van der Waals surface area contributed by atoms with Crippen LogP contribution in [0.15, 0.2) is 36.4 Å². The number of benzene rings is 2. The van der Waals surface area contributed by atoms with Crippen molar-refractivity contribution in [1.29, 1.82) is 0 Å². The fourth-order valence-electron chi connectivity index (χ4n) is 2.14. The first-order chi connectivity index (χ1) is 11.9. The maximum atomic E-state index is 12.4. The number of nitrogens with zero attached hydrogens (tertiary/aromatic N) is 1. The van der Waals surface area contributed by atoms with Crippen molar-refractivity contribution in [3.8, 4) is 11.5 Å². The number of alkyl halides is 2. The lowest BCUT2D eigenvalue weighted by molar-refractivity contribution is -0.386. The molecule has 134 valence electrons. The Kier molecular flexibility index (Phi) is 6.07. The molecule has 0 atom stereocenters. The third-order valence-electron chi connectivity index (χ3n) is 3.19. The topological polar surface area (TPSA) is 93.9 Å². The second-order valence-electron chi connectivity index (χ2n) is 5.00. The van der Waals surface area contributed by atoms with Gasteiger partial charge in [-0.05, 0) is 36.8 Å². The molecule has 0 heterocycles. The van der Waals surface area contributed by atoms with Gasteiger partial charge in [-0.15, -0.1) is 0 Å². The number of aryl methyl sites for hydroxylation is 1. The lowest BCUT2D eigenvalue weighted by atomic mass is 10.2. The van der Waals surface area contributed by atoms with E-state index in [-0.39, 0.29) is 13.2 Å². The molecular weight excluding hydrogens is 338 g/mol. The van der Waals surface area contributed by atoms with Crippen LogP contribution in [0.25, 0.3) is 0 Å². The van der Waals surface area contributed by atoms with Gasteiger partial charge in [0, 0.05) is 23.5 Å². The van der Waals surface area contributed by atoms with Crippen molar-refractivity contribution in [2.75, 3.05) is 18.5 Å². The number of hydrogen-bond acceptors (Lipinski definition) is 6. The van der Waals surface area contributed by atoms with E-state index in [2.05, 4.69) is 10.1 Å². The van der Waals surface area contributed by atoms with Gasteiger partial charge in [0.1, 0.15) is 12.4 Å². The van der Waals surface area contributed by atoms with E-state index in [0.29, 0.717) is 17.1 Å². The number of nitro benzene ring substituents is 1. The van der Waals surface area contributed by atoms with E-state index in [1.165, 1.54) is 6.07 Å². The van der Waals surface area contributed by atoms with Crippen LogP contribution >= 0.6 is 0 Å². The number of aliphatic hydroxyl groups is 1. The number of nitrogens with one attached hydrogen (secondary N) is 1. The quantitative estimate of drug-likeness (QED) is 0.555. The number of rotatable bonds is 8. The highest BCUT2D eigenvalue weighted by Gasteiger charge is 2.19. The molecule has 0 amide bonds. The van der Waals surface area contributed by atoms with Gasteiger partial charge in [-0.25, -0.2) is 0 Å². The third-order valence-corrected chi connectivity index (χ3v) is 3.19. The van der Waals surface area contributed by atoms with Crippen LogP contribution in [-0.2, 0) is 0 Å². The summed E-state index contributed by atoms with van der Waals surface area (Å²) in [7, 11) is 0. The summed E-state index contributed by atoms with van der Waals surface area (Å²) in [5.74, 6) is 0.0784. The first kappa shape index (κ1) is 18.4. The highest BCUT2D eigenvalue weighted by Crippen LogP contribution is 2.33. The molecule has 0 aliphatic carbocycles. The Morgan fingerprint density at radius 1 is 1.20 bits per heavy atom. The van der Waals surface area contributed by atoms with Crippen molar-refractivity contribution in [2.24, 2.45) is 0 Å². The molecule has 7 nitrogen and oxygen atoms in total. The van der Waals surface area contributed by atoms with E-state index < -0.39 is 23.0 Å². The first-order valence-electron chi connectivity index (χ1n) is 7.25. The van der Waals surface area contributed by atoms with Crippen molar-refractivity contribution >= 4 is 17.1 Å². The summed E-state index contributed by atoms with van der Waals surface area (Å²) in [5.41, 5.74) is 1.23. The minimum atomic E-state index is -3.17. The van der Waals surface area contributed by atoms with E-state index in [1.807, 2.05) is 0 Å². The zero-order valence-corrected chi connectivity index (χ0v) is 13.2. The van der Waals surface area contributed by atoms with Gasteiger partial charge in [0.05, 0.1) is 11.5 Å². The largest absolute Gasteiger partial charge is 0.491 e. The van der Waals surface area contributed by atoms with Gasteiger partial charge < -0.3 is 19.9 Å². The number of ether oxygens (including phenoxy) is 2. The molecule has 9 heteroatoms. The number of nitro groups is 1. The molecule has 2 rings (SSSR count). The Hall–Kier alpha value is -2.94. The Morgan fingerprint density at radius 3 is 2.48 bits per heavy atom. The van der Waals surface area contributed by atoms with Gasteiger partial charge in [0.2, 0.25) is 5.75 Å². The molecule has 2 aromatic carbocycles.